The molecule has 0 saturated carbocycles. The minimum Gasteiger partial charge on any atom is -0.0641 e. The number of fused-ring (bicyclic) bond motifs is 11. The average molecular weight is 833 g/mol. The second-order valence-electron chi connectivity index (χ2n) is 19.6. The van der Waals surface area contributed by atoms with Crippen molar-refractivity contribution >= 4 is 40.7 Å². The summed E-state index contributed by atoms with van der Waals surface area (Å²) in [6, 6.07) is 74.4. The molecular formula is C63H48Si. The topological polar surface area (TPSA) is 0 Å². The molecule has 0 saturated heterocycles. The molecule has 3 aliphatic rings. The van der Waals surface area contributed by atoms with Crippen molar-refractivity contribution < 1.29 is 0 Å². The molecule has 0 radical (unpaired) electrons. The summed E-state index contributed by atoms with van der Waals surface area (Å²) in [7, 11) is -1.45. The minimum absolute atomic E-state index is 0.109. The molecule has 0 bridgehead atoms. The van der Waals surface area contributed by atoms with Crippen LogP contribution in [0.25, 0.3) is 99.4 Å². The third-order valence-corrected chi connectivity index (χ3v) is 18.4. The van der Waals surface area contributed by atoms with E-state index < -0.39 is 8.80 Å². The third kappa shape index (κ3) is 5.22. The fourth-order valence-electron chi connectivity index (χ4n) is 12.2. The molecule has 0 spiro atoms. The van der Waals surface area contributed by atoms with Crippen LogP contribution in [0.4, 0.5) is 0 Å². The van der Waals surface area contributed by atoms with Gasteiger partial charge in [-0.05, 0) is 151 Å². The van der Waals surface area contributed by atoms with Crippen LogP contribution >= 0.6 is 0 Å². The molecule has 1 heterocycles. The molecule has 2 aliphatic carbocycles. The zero-order valence-electron chi connectivity index (χ0n) is 37.1. The molecule has 0 N–H and O–H groups in total. The Labute approximate surface area is 378 Å². The van der Waals surface area contributed by atoms with Crippen LogP contribution in [0.2, 0.25) is 6.55 Å². The highest BCUT2D eigenvalue weighted by Gasteiger charge is 2.38. The Morgan fingerprint density at radius 1 is 0.281 bits per heavy atom. The zero-order chi connectivity index (χ0) is 43.1. The summed E-state index contributed by atoms with van der Waals surface area (Å²) in [5.41, 5.74) is 23.8. The Balaban J connectivity index is 1.13. The van der Waals surface area contributed by atoms with Crippen LogP contribution in [0.3, 0.4) is 0 Å². The Kier molecular flexibility index (Phi) is 7.89. The van der Waals surface area contributed by atoms with Gasteiger partial charge in [0.25, 0.3) is 0 Å². The van der Waals surface area contributed by atoms with E-state index in [9.17, 15) is 0 Å². The van der Waals surface area contributed by atoms with Crippen molar-refractivity contribution in [2.75, 3.05) is 0 Å². The maximum absolute atomic E-state index is 2.64. The van der Waals surface area contributed by atoms with E-state index >= 15 is 0 Å². The SMILES string of the molecule is C[SiH]1c2ccccc2-c2cc3c(-c4ccc5c(c4)C(C)(C)c4ccccc4-5)c4ccc(-c5ccc(-c6ccccc6)cc5)cc4c(-c4ccc5c(c4)C(C)(C)c4ccccc4-5)c3cc21. The Morgan fingerprint density at radius 3 is 1.34 bits per heavy atom. The first-order chi connectivity index (χ1) is 31.2. The van der Waals surface area contributed by atoms with Crippen LogP contribution in [-0.4, -0.2) is 8.80 Å². The number of hydrogen-bond donors (Lipinski definition) is 0. The second kappa shape index (κ2) is 13.5. The molecule has 304 valence electrons. The Morgan fingerprint density at radius 2 is 0.719 bits per heavy atom. The molecule has 10 aromatic carbocycles. The molecule has 1 atom stereocenters. The van der Waals surface area contributed by atoms with Crippen LogP contribution in [0.1, 0.15) is 49.9 Å². The molecule has 0 fully saturated rings. The van der Waals surface area contributed by atoms with Gasteiger partial charge in [-0.15, -0.1) is 0 Å². The summed E-state index contributed by atoms with van der Waals surface area (Å²) in [5.74, 6) is 0. The zero-order valence-corrected chi connectivity index (χ0v) is 38.2. The van der Waals surface area contributed by atoms with Gasteiger partial charge in [-0.3, -0.25) is 0 Å². The van der Waals surface area contributed by atoms with Crippen molar-refractivity contribution in [3.05, 3.63) is 216 Å². The lowest BCUT2D eigenvalue weighted by atomic mass is 9.79. The Hall–Kier alpha value is -7.06. The highest BCUT2D eigenvalue weighted by Crippen LogP contribution is 2.54. The van der Waals surface area contributed by atoms with E-state index in [1.807, 2.05) is 0 Å². The van der Waals surface area contributed by atoms with Gasteiger partial charge in [0.2, 0.25) is 0 Å². The van der Waals surface area contributed by atoms with Crippen molar-refractivity contribution in [2.24, 2.45) is 0 Å². The average Bonchev–Trinajstić information content (AvgIpc) is 3.84. The van der Waals surface area contributed by atoms with Crippen LogP contribution in [0, 0.1) is 0 Å². The molecule has 0 nitrogen and oxygen atoms in total. The highest BCUT2D eigenvalue weighted by molar-refractivity contribution is 6.88. The smallest absolute Gasteiger partial charge is 0.0641 e. The largest absolute Gasteiger partial charge is 0.101 e. The molecule has 64 heavy (non-hydrogen) atoms. The van der Waals surface area contributed by atoms with Gasteiger partial charge in [0.15, 0.2) is 0 Å². The Bertz CT molecular complexity index is 3600. The highest BCUT2D eigenvalue weighted by atomic mass is 28.3. The first-order valence-corrected chi connectivity index (χ1v) is 25.3. The fourth-order valence-corrected chi connectivity index (χ4v) is 14.8. The van der Waals surface area contributed by atoms with Gasteiger partial charge in [-0.1, -0.05) is 209 Å². The third-order valence-electron chi connectivity index (χ3n) is 15.5. The van der Waals surface area contributed by atoms with E-state index in [1.165, 1.54) is 122 Å². The van der Waals surface area contributed by atoms with Crippen LogP contribution in [-0.2, 0) is 10.8 Å². The second-order valence-corrected chi connectivity index (χ2v) is 22.3. The maximum atomic E-state index is 2.64. The van der Waals surface area contributed by atoms with E-state index in [0.29, 0.717) is 0 Å². The predicted molar refractivity (Wildman–Crippen MR) is 276 cm³/mol. The molecule has 1 unspecified atom stereocenters. The van der Waals surface area contributed by atoms with Gasteiger partial charge < -0.3 is 0 Å². The van der Waals surface area contributed by atoms with Gasteiger partial charge in [0.05, 0.1) is 0 Å². The summed E-state index contributed by atoms with van der Waals surface area (Å²) in [5, 5.41) is 8.37. The van der Waals surface area contributed by atoms with Crippen LogP contribution < -0.4 is 10.4 Å². The molecule has 13 rings (SSSR count). The summed E-state index contributed by atoms with van der Waals surface area (Å²) in [6.45, 7) is 12.1. The maximum Gasteiger partial charge on any atom is 0.101 e. The van der Waals surface area contributed by atoms with Crippen molar-refractivity contribution in [1.29, 1.82) is 0 Å². The summed E-state index contributed by atoms with van der Waals surface area (Å²) >= 11 is 0. The lowest BCUT2D eigenvalue weighted by Gasteiger charge is -2.24. The van der Waals surface area contributed by atoms with Crippen molar-refractivity contribution in [1.82, 2.24) is 0 Å². The summed E-state index contributed by atoms with van der Waals surface area (Å²) in [6.07, 6.45) is 0. The lowest BCUT2D eigenvalue weighted by molar-refractivity contribution is 0.660. The van der Waals surface area contributed by atoms with Crippen LogP contribution in [0.15, 0.2) is 194 Å². The van der Waals surface area contributed by atoms with Crippen LogP contribution in [0.5, 0.6) is 0 Å². The molecule has 0 aromatic heterocycles. The number of rotatable bonds is 4. The van der Waals surface area contributed by atoms with Gasteiger partial charge >= 0.3 is 0 Å². The predicted octanol–water partition coefficient (Wildman–Crippen LogP) is 15.2. The van der Waals surface area contributed by atoms with Gasteiger partial charge in [0, 0.05) is 10.8 Å². The molecule has 10 aromatic rings. The summed E-state index contributed by atoms with van der Waals surface area (Å²) in [4.78, 5) is 0. The van der Waals surface area contributed by atoms with E-state index in [-0.39, 0.29) is 10.8 Å². The normalized spacial score (nSPS) is 15.7. The molecular weight excluding hydrogens is 785 g/mol. The number of hydrogen-bond acceptors (Lipinski definition) is 0. The van der Waals surface area contributed by atoms with Gasteiger partial charge in [-0.2, -0.15) is 0 Å². The fraction of sp³-hybridized carbons (Fsp3) is 0.111. The molecule has 1 aliphatic heterocycles. The van der Waals surface area contributed by atoms with Crippen molar-refractivity contribution in [2.45, 2.75) is 45.1 Å². The van der Waals surface area contributed by atoms with E-state index in [2.05, 4.69) is 228 Å². The number of benzene rings is 10. The molecule has 1 heteroatoms. The first-order valence-electron chi connectivity index (χ1n) is 23.0. The standard InChI is InChI=1S/C63H48Si/c1-62(2)54-20-12-9-17-44(54)46-30-28-42(34-56(46)62)60-49-32-27-41(40-25-23-39(24-26-40)38-15-7-6-8-16-38)33-51(49)61(43-29-31-47-45-18-10-13-21-55(45)63(3,4)57(47)35-43)53-37-59-50(36-52(53)60)48-19-11-14-22-58(48)64(59)5/h6-37,64H,1-5H3. The van der Waals surface area contributed by atoms with E-state index in [4.69, 9.17) is 0 Å². The lowest BCUT2D eigenvalue weighted by Crippen LogP contribution is -2.34. The monoisotopic (exact) mass is 832 g/mol. The minimum atomic E-state index is -1.45. The van der Waals surface area contributed by atoms with E-state index in [0.717, 1.165) is 0 Å². The van der Waals surface area contributed by atoms with E-state index in [1.54, 1.807) is 10.4 Å². The van der Waals surface area contributed by atoms with Crippen molar-refractivity contribution in [3.8, 4) is 77.9 Å². The summed E-state index contributed by atoms with van der Waals surface area (Å²) < 4.78 is 0. The van der Waals surface area contributed by atoms with Gasteiger partial charge in [-0.25, -0.2) is 0 Å². The molecule has 0 amide bonds. The van der Waals surface area contributed by atoms with Crippen molar-refractivity contribution in [3.63, 3.8) is 0 Å². The quantitative estimate of drug-likeness (QED) is 0.122. The first kappa shape index (κ1) is 37.5. The van der Waals surface area contributed by atoms with Gasteiger partial charge in [0.1, 0.15) is 8.80 Å².